The van der Waals surface area contributed by atoms with Gasteiger partial charge in [0.15, 0.2) is 5.78 Å². The maximum absolute atomic E-state index is 12.2. The van der Waals surface area contributed by atoms with Crippen molar-refractivity contribution < 1.29 is 14.3 Å². The molecule has 0 saturated carbocycles. The highest BCUT2D eigenvalue weighted by atomic mass is 16.5. The Labute approximate surface area is 135 Å². The number of hydrogen-bond acceptors (Lipinski definition) is 3. The number of nitrogens with zero attached hydrogens (tertiary/aromatic N) is 1. The smallest absolute Gasteiger partial charge is 0.318 e. The minimum atomic E-state index is -0.271. The van der Waals surface area contributed by atoms with E-state index in [1.165, 1.54) is 4.90 Å². The minimum absolute atomic E-state index is 0.0945. The molecule has 0 aromatic heterocycles. The molecule has 0 aliphatic heterocycles. The molecule has 0 unspecified atom stereocenters. The summed E-state index contributed by atoms with van der Waals surface area (Å²) in [7, 11) is 3.18. The van der Waals surface area contributed by atoms with Crippen molar-refractivity contribution >= 4 is 11.8 Å². The second-order valence-electron chi connectivity index (χ2n) is 6.15. The normalized spacial score (nSPS) is 11.9. The minimum Gasteiger partial charge on any atom is -0.500 e. The van der Waals surface area contributed by atoms with Crippen LogP contribution in [0.1, 0.15) is 52.9 Å². The highest BCUT2D eigenvalue weighted by Gasteiger charge is 2.20. The number of rotatable bonds is 11. The lowest BCUT2D eigenvalue weighted by Gasteiger charge is -2.25. The molecule has 0 heterocycles. The predicted octanol–water partition coefficient (Wildman–Crippen LogP) is 3.35. The molecule has 0 rings (SSSR count). The van der Waals surface area contributed by atoms with E-state index in [1.54, 1.807) is 14.2 Å². The van der Waals surface area contributed by atoms with Crippen molar-refractivity contribution in [3.63, 3.8) is 0 Å². The van der Waals surface area contributed by atoms with Gasteiger partial charge in [-0.15, -0.1) is 0 Å². The number of urea groups is 1. The van der Waals surface area contributed by atoms with Crippen LogP contribution in [-0.4, -0.2) is 43.5 Å². The standard InChI is InChI=1S/C17H32N2O3/c1-7-8-9-10-15(20)12-19(5)17(21)18-16(11-13(2)3)14(4)22-6/h13,16H,4,7-12H2,1-3,5-6H3,(H,18,21)/t16-/m0/s1. The summed E-state index contributed by atoms with van der Waals surface area (Å²) in [5, 5.41) is 2.88. The Hall–Kier alpha value is -1.52. The van der Waals surface area contributed by atoms with Crippen molar-refractivity contribution in [2.24, 2.45) is 5.92 Å². The summed E-state index contributed by atoms with van der Waals surface area (Å²) < 4.78 is 5.15. The summed E-state index contributed by atoms with van der Waals surface area (Å²) in [6.45, 7) is 10.2. The lowest BCUT2D eigenvalue weighted by atomic mass is 10.0. The van der Waals surface area contributed by atoms with E-state index >= 15 is 0 Å². The third kappa shape index (κ3) is 8.70. The van der Waals surface area contributed by atoms with E-state index in [1.807, 2.05) is 0 Å². The Bertz CT molecular complexity index is 367. The van der Waals surface area contributed by atoms with E-state index in [4.69, 9.17) is 4.74 Å². The fourth-order valence-corrected chi connectivity index (χ4v) is 2.13. The molecule has 5 nitrogen and oxygen atoms in total. The summed E-state index contributed by atoms with van der Waals surface area (Å²) in [5.74, 6) is 1.03. The molecule has 0 aromatic rings. The van der Waals surface area contributed by atoms with Gasteiger partial charge in [0.25, 0.3) is 0 Å². The summed E-state index contributed by atoms with van der Waals surface area (Å²) >= 11 is 0. The number of likely N-dealkylation sites (N-methyl/N-ethyl adjacent to an activating group) is 1. The number of unbranched alkanes of at least 4 members (excludes halogenated alkanes) is 2. The van der Waals surface area contributed by atoms with Gasteiger partial charge in [0, 0.05) is 13.5 Å². The molecular formula is C17H32N2O3. The number of ketones is 1. The summed E-state index contributed by atoms with van der Waals surface area (Å²) in [4.78, 5) is 25.4. The van der Waals surface area contributed by atoms with Crippen LogP contribution in [0.25, 0.3) is 0 Å². The zero-order chi connectivity index (χ0) is 17.1. The van der Waals surface area contributed by atoms with Crippen LogP contribution < -0.4 is 5.32 Å². The lowest BCUT2D eigenvalue weighted by Crippen LogP contribution is -2.46. The first kappa shape index (κ1) is 20.5. The van der Waals surface area contributed by atoms with Crippen LogP contribution >= 0.6 is 0 Å². The van der Waals surface area contributed by atoms with Gasteiger partial charge in [-0.1, -0.05) is 40.2 Å². The topological polar surface area (TPSA) is 58.6 Å². The van der Waals surface area contributed by atoms with E-state index in [2.05, 4.69) is 32.7 Å². The van der Waals surface area contributed by atoms with Gasteiger partial charge in [0.05, 0.1) is 19.7 Å². The van der Waals surface area contributed by atoms with Crippen LogP contribution in [0.2, 0.25) is 0 Å². The third-order valence-electron chi connectivity index (χ3n) is 3.48. The third-order valence-corrected chi connectivity index (χ3v) is 3.48. The zero-order valence-electron chi connectivity index (χ0n) is 14.8. The molecule has 0 aromatic carbocycles. The monoisotopic (exact) mass is 312 g/mol. The van der Waals surface area contributed by atoms with Gasteiger partial charge in [-0.2, -0.15) is 0 Å². The summed E-state index contributed by atoms with van der Waals surface area (Å²) in [6, 6.07) is -0.511. The fourth-order valence-electron chi connectivity index (χ4n) is 2.13. The first-order valence-corrected chi connectivity index (χ1v) is 8.07. The Balaban J connectivity index is 4.40. The van der Waals surface area contributed by atoms with Gasteiger partial charge >= 0.3 is 6.03 Å². The molecule has 0 bridgehead atoms. The molecule has 2 amide bonds. The van der Waals surface area contributed by atoms with E-state index in [0.29, 0.717) is 18.1 Å². The van der Waals surface area contributed by atoms with Gasteiger partial charge in [-0.3, -0.25) is 4.79 Å². The molecule has 1 N–H and O–H groups in total. The van der Waals surface area contributed by atoms with Gasteiger partial charge < -0.3 is 15.0 Å². The van der Waals surface area contributed by atoms with Gasteiger partial charge in [0.2, 0.25) is 0 Å². The van der Waals surface area contributed by atoms with E-state index in [-0.39, 0.29) is 24.4 Å². The molecule has 1 atom stereocenters. The van der Waals surface area contributed by atoms with Crippen LogP contribution in [-0.2, 0) is 9.53 Å². The van der Waals surface area contributed by atoms with Crippen molar-refractivity contribution in [1.29, 1.82) is 0 Å². The lowest BCUT2D eigenvalue weighted by molar-refractivity contribution is -0.119. The summed E-state index contributed by atoms with van der Waals surface area (Å²) in [5.41, 5.74) is 0. The van der Waals surface area contributed by atoms with E-state index in [9.17, 15) is 9.59 Å². The average molecular weight is 312 g/mol. The highest BCUT2D eigenvalue weighted by Crippen LogP contribution is 2.12. The number of carbonyl (C=O) groups is 2. The number of amides is 2. The maximum atomic E-state index is 12.2. The van der Waals surface area contributed by atoms with Crippen LogP contribution in [0.3, 0.4) is 0 Å². The largest absolute Gasteiger partial charge is 0.500 e. The van der Waals surface area contributed by atoms with Gasteiger partial charge in [-0.05, 0) is 18.8 Å². The van der Waals surface area contributed by atoms with Crippen LogP contribution in [0.4, 0.5) is 4.79 Å². The Morgan fingerprint density at radius 3 is 2.41 bits per heavy atom. The molecule has 22 heavy (non-hydrogen) atoms. The number of carbonyl (C=O) groups excluding carboxylic acids is 2. The zero-order valence-corrected chi connectivity index (χ0v) is 14.8. The molecule has 0 saturated heterocycles. The second-order valence-corrected chi connectivity index (χ2v) is 6.15. The molecule has 5 heteroatoms. The average Bonchev–Trinajstić information content (AvgIpc) is 2.45. The van der Waals surface area contributed by atoms with Crippen LogP contribution in [0.15, 0.2) is 12.3 Å². The molecule has 0 spiro atoms. The number of nitrogens with one attached hydrogen (secondary N) is 1. The highest BCUT2D eigenvalue weighted by molar-refractivity contribution is 5.85. The second kappa shape index (κ2) is 11.1. The number of Topliss-reactive ketones (excluding diaryl/α,β-unsaturated/α-hetero) is 1. The number of ether oxygens (including phenoxy) is 1. The molecule has 0 aliphatic carbocycles. The van der Waals surface area contributed by atoms with Crippen molar-refractivity contribution in [2.45, 2.75) is 58.9 Å². The Kier molecular flexibility index (Phi) is 10.3. The molecule has 0 fully saturated rings. The van der Waals surface area contributed by atoms with Crippen molar-refractivity contribution in [2.75, 3.05) is 20.7 Å². The number of methoxy groups -OCH3 is 1. The quantitative estimate of drug-likeness (QED) is 0.470. The number of hydrogen-bond donors (Lipinski definition) is 1. The Morgan fingerprint density at radius 2 is 1.91 bits per heavy atom. The van der Waals surface area contributed by atoms with E-state index < -0.39 is 0 Å². The van der Waals surface area contributed by atoms with Crippen LogP contribution in [0, 0.1) is 5.92 Å². The first-order valence-electron chi connectivity index (χ1n) is 8.07. The van der Waals surface area contributed by atoms with E-state index in [0.717, 1.165) is 25.7 Å². The van der Waals surface area contributed by atoms with Gasteiger partial charge in [0.1, 0.15) is 5.76 Å². The first-order chi connectivity index (χ1) is 10.3. The molecule has 128 valence electrons. The van der Waals surface area contributed by atoms with Crippen LogP contribution in [0.5, 0.6) is 0 Å². The SMILES string of the molecule is C=C(OC)[C@H](CC(C)C)NC(=O)N(C)CC(=O)CCCCC. The molecule has 0 aliphatic rings. The van der Waals surface area contributed by atoms with Crippen molar-refractivity contribution in [1.82, 2.24) is 10.2 Å². The van der Waals surface area contributed by atoms with Gasteiger partial charge in [-0.25, -0.2) is 4.79 Å². The molecular weight excluding hydrogens is 280 g/mol. The predicted molar refractivity (Wildman–Crippen MR) is 89.7 cm³/mol. The van der Waals surface area contributed by atoms with Crippen molar-refractivity contribution in [3.8, 4) is 0 Å². The summed E-state index contributed by atoms with van der Waals surface area (Å²) in [6.07, 6.45) is 4.30. The maximum Gasteiger partial charge on any atom is 0.318 e. The Morgan fingerprint density at radius 1 is 1.27 bits per heavy atom. The molecule has 0 radical (unpaired) electrons. The fraction of sp³-hybridized carbons (Fsp3) is 0.765. The van der Waals surface area contributed by atoms with Crippen molar-refractivity contribution in [3.05, 3.63) is 12.3 Å².